The molecule has 0 aliphatic carbocycles. The molecule has 8 nitrogen and oxygen atoms in total. The van der Waals surface area contributed by atoms with E-state index in [9.17, 15) is 22.8 Å². The van der Waals surface area contributed by atoms with E-state index in [-0.39, 0.29) is 24.3 Å². The highest BCUT2D eigenvalue weighted by Gasteiger charge is 2.35. The number of benzene rings is 2. The molecule has 1 heterocycles. The van der Waals surface area contributed by atoms with Gasteiger partial charge in [-0.05, 0) is 50.5 Å². The summed E-state index contributed by atoms with van der Waals surface area (Å²) >= 11 is 0. The third-order valence-electron chi connectivity index (χ3n) is 5.43. The van der Waals surface area contributed by atoms with Gasteiger partial charge in [-0.2, -0.15) is 0 Å². The normalized spacial score (nSPS) is 14.5. The summed E-state index contributed by atoms with van der Waals surface area (Å²) in [5.41, 5.74) is 1.62. The zero-order valence-electron chi connectivity index (χ0n) is 17.8. The molecule has 0 bridgehead atoms. The maximum absolute atomic E-state index is 12.8. The number of hydrogen-bond donors (Lipinski definition) is 2. The van der Waals surface area contributed by atoms with E-state index in [0.29, 0.717) is 30.4 Å². The van der Waals surface area contributed by atoms with Crippen molar-refractivity contribution in [1.82, 2.24) is 9.62 Å². The van der Waals surface area contributed by atoms with Crippen LogP contribution in [0.15, 0.2) is 53.4 Å². The van der Waals surface area contributed by atoms with Crippen LogP contribution in [0, 0.1) is 6.92 Å². The number of amides is 2. The van der Waals surface area contributed by atoms with Gasteiger partial charge < -0.3 is 5.11 Å². The van der Waals surface area contributed by atoms with Crippen LogP contribution in [0.5, 0.6) is 0 Å². The number of carbonyl (C=O) groups is 3. The minimum atomic E-state index is -3.81. The Morgan fingerprint density at radius 3 is 2.12 bits per heavy atom. The van der Waals surface area contributed by atoms with Gasteiger partial charge in [0.05, 0.1) is 16.0 Å². The average Bonchev–Trinajstić information content (AvgIpc) is 2.99. The van der Waals surface area contributed by atoms with E-state index >= 15 is 0 Å². The van der Waals surface area contributed by atoms with E-state index in [1.807, 2.05) is 6.92 Å². The maximum Gasteiger partial charge on any atom is 0.303 e. The molecule has 0 saturated heterocycles. The molecule has 1 aliphatic heterocycles. The molecule has 3 rings (SSSR count). The molecule has 0 spiro atoms. The molecule has 1 unspecified atom stereocenters. The van der Waals surface area contributed by atoms with Crippen LogP contribution in [0.1, 0.15) is 58.4 Å². The van der Waals surface area contributed by atoms with Crippen LogP contribution < -0.4 is 4.72 Å². The molecule has 2 aromatic carbocycles. The van der Waals surface area contributed by atoms with Crippen molar-refractivity contribution in [2.24, 2.45) is 0 Å². The molecule has 2 N–H and O–H groups in total. The minimum absolute atomic E-state index is 0.00413. The number of unbranched alkanes of at least 4 members (excludes halogenated alkanes) is 1. The molecular formula is C23H26N2O6S. The lowest BCUT2D eigenvalue weighted by molar-refractivity contribution is -0.137. The second-order valence-electron chi connectivity index (χ2n) is 7.87. The second-order valence-corrected chi connectivity index (χ2v) is 9.58. The monoisotopic (exact) mass is 458 g/mol. The van der Waals surface area contributed by atoms with Crippen LogP contribution in [0.2, 0.25) is 0 Å². The van der Waals surface area contributed by atoms with Crippen molar-refractivity contribution < 1.29 is 27.9 Å². The van der Waals surface area contributed by atoms with Crippen LogP contribution in [0.3, 0.4) is 0 Å². The Hall–Kier alpha value is -3.04. The first-order chi connectivity index (χ1) is 15.2. The van der Waals surface area contributed by atoms with Crippen LogP contribution in [-0.2, 0) is 14.8 Å². The molecule has 0 aromatic heterocycles. The van der Waals surface area contributed by atoms with Gasteiger partial charge >= 0.3 is 5.97 Å². The largest absolute Gasteiger partial charge is 0.481 e. The third kappa shape index (κ3) is 5.60. The van der Waals surface area contributed by atoms with E-state index in [2.05, 4.69) is 4.72 Å². The first-order valence-electron chi connectivity index (χ1n) is 10.4. The van der Waals surface area contributed by atoms with Crippen molar-refractivity contribution >= 4 is 27.8 Å². The van der Waals surface area contributed by atoms with Gasteiger partial charge in [-0.1, -0.05) is 36.2 Å². The number of carbonyl (C=O) groups excluding carboxylic acids is 2. The van der Waals surface area contributed by atoms with Crippen molar-refractivity contribution in [3.8, 4) is 0 Å². The number of hydrogen-bond acceptors (Lipinski definition) is 5. The SMILES string of the molecule is Cc1ccc(S(=O)(=O)NC(CCCCC(=O)O)CCN2C(=O)c3ccccc3C2=O)cc1. The Bertz CT molecular complexity index is 1080. The van der Waals surface area contributed by atoms with E-state index in [0.717, 1.165) is 10.5 Å². The minimum Gasteiger partial charge on any atom is -0.481 e. The molecule has 2 amide bonds. The topological polar surface area (TPSA) is 121 Å². The summed E-state index contributed by atoms with van der Waals surface area (Å²) in [7, 11) is -3.81. The highest BCUT2D eigenvalue weighted by Crippen LogP contribution is 2.23. The third-order valence-corrected chi connectivity index (χ3v) is 6.96. The number of imide groups is 1. The van der Waals surface area contributed by atoms with Crippen molar-refractivity contribution in [3.05, 3.63) is 65.2 Å². The van der Waals surface area contributed by atoms with Gasteiger partial charge in [-0.25, -0.2) is 13.1 Å². The number of aryl methyl sites for hydroxylation is 1. The molecular weight excluding hydrogens is 432 g/mol. The highest BCUT2D eigenvalue weighted by molar-refractivity contribution is 7.89. The fourth-order valence-corrected chi connectivity index (χ4v) is 4.97. The van der Waals surface area contributed by atoms with Crippen molar-refractivity contribution in [1.29, 1.82) is 0 Å². The first kappa shape index (κ1) is 23.6. The number of rotatable bonds is 11. The smallest absolute Gasteiger partial charge is 0.303 e. The van der Waals surface area contributed by atoms with Gasteiger partial charge in [-0.15, -0.1) is 0 Å². The van der Waals surface area contributed by atoms with Crippen LogP contribution in [-0.4, -0.2) is 48.8 Å². The Kier molecular flexibility index (Phi) is 7.42. The fraction of sp³-hybridized carbons (Fsp3) is 0.348. The van der Waals surface area contributed by atoms with Gasteiger partial charge in [0.2, 0.25) is 10.0 Å². The van der Waals surface area contributed by atoms with Gasteiger partial charge in [0.1, 0.15) is 0 Å². The van der Waals surface area contributed by atoms with E-state index in [1.165, 1.54) is 12.1 Å². The predicted molar refractivity (Wildman–Crippen MR) is 118 cm³/mol. The zero-order valence-corrected chi connectivity index (χ0v) is 18.6. The van der Waals surface area contributed by atoms with Crippen molar-refractivity contribution in [2.75, 3.05) is 6.54 Å². The summed E-state index contributed by atoms with van der Waals surface area (Å²) in [5, 5.41) is 8.83. The number of fused-ring (bicyclic) bond motifs is 1. The molecule has 0 saturated carbocycles. The predicted octanol–water partition coefficient (Wildman–Crippen LogP) is 2.97. The lowest BCUT2D eigenvalue weighted by Gasteiger charge is -2.22. The Balaban J connectivity index is 1.70. The van der Waals surface area contributed by atoms with Gasteiger partial charge in [-0.3, -0.25) is 19.3 Å². The summed E-state index contributed by atoms with van der Waals surface area (Å²) in [6, 6.07) is 12.5. The van der Waals surface area contributed by atoms with Gasteiger partial charge in [0.25, 0.3) is 11.8 Å². The summed E-state index contributed by atoms with van der Waals surface area (Å²) in [6.45, 7) is 1.92. The molecule has 170 valence electrons. The van der Waals surface area contributed by atoms with Crippen molar-refractivity contribution in [3.63, 3.8) is 0 Å². The van der Waals surface area contributed by atoms with Crippen molar-refractivity contribution in [2.45, 2.75) is 50.0 Å². The number of aliphatic carboxylic acids is 1. The number of sulfonamides is 1. The summed E-state index contributed by atoms with van der Waals surface area (Å²) < 4.78 is 28.4. The fourth-order valence-electron chi connectivity index (χ4n) is 3.66. The Morgan fingerprint density at radius 2 is 1.56 bits per heavy atom. The van der Waals surface area contributed by atoms with Crippen LogP contribution >= 0.6 is 0 Å². The molecule has 2 aromatic rings. The van der Waals surface area contributed by atoms with Gasteiger partial charge in [0.15, 0.2) is 0 Å². The molecule has 32 heavy (non-hydrogen) atoms. The standard InChI is InChI=1S/C23H26N2O6S/c1-16-10-12-18(13-11-16)32(30,31)24-17(6-2-5-9-21(26)27)14-15-25-22(28)19-7-3-4-8-20(19)23(25)29/h3-4,7-8,10-13,17,24H,2,5-6,9,14-15H2,1H3,(H,26,27). The zero-order chi connectivity index (χ0) is 23.3. The summed E-state index contributed by atoms with van der Waals surface area (Å²) in [5.74, 6) is -1.69. The number of carboxylic acid groups (broad SMARTS) is 1. The number of nitrogens with one attached hydrogen (secondary N) is 1. The maximum atomic E-state index is 12.8. The summed E-state index contributed by atoms with van der Waals surface area (Å²) in [6.07, 6.45) is 1.52. The number of nitrogens with zero attached hydrogens (tertiary/aromatic N) is 1. The lowest BCUT2D eigenvalue weighted by Crippen LogP contribution is -2.39. The molecule has 0 radical (unpaired) electrons. The molecule has 9 heteroatoms. The Morgan fingerprint density at radius 1 is 0.969 bits per heavy atom. The first-order valence-corrected chi connectivity index (χ1v) is 11.9. The molecule has 0 fully saturated rings. The van der Waals surface area contributed by atoms with E-state index < -0.39 is 33.8 Å². The van der Waals surface area contributed by atoms with Gasteiger partial charge in [0, 0.05) is 19.0 Å². The Labute approximate surface area is 187 Å². The molecule has 1 atom stereocenters. The van der Waals surface area contributed by atoms with Crippen LogP contribution in [0.4, 0.5) is 0 Å². The number of carboxylic acids is 1. The second kappa shape index (κ2) is 10.1. The van der Waals surface area contributed by atoms with E-state index in [4.69, 9.17) is 5.11 Å². The van der Waals surface area contributed by atoms with E-state index in [1.54, 1.807) is 36.4 Å². The molecule has 1 aliphatic rings. The lowest BCUT2D eigenvalue weighted by atomic mass is 10.1. The van der Waals surface area contributed by atoms with Crippen LogP contribution in [0.25, 0.3) is 0 Å². The highest BCUT2D eigenvalue weighted by atomic mass is 32.2. The average molecular weight is 459 g/mol. The summed E-state index contributed by atoms with van der Waals surface area (Å²) in [4.78, 5) is 37.2. The quantitative estimate of drug-likeness (QED) is 0.394.